The van der Waals surface area contributed by atoms with Gasteiger partial charge in [-0.25, -0.2) is 9.97 Å². The van der Waals surface area contributed by atoms with Crippen molar-refractivity contribution in [2.45, 2.75) is 0 Å². The van der Waals surface area contributed by atoms with Crippen molar-refractivity contribution in [1.82, 2.24) is 9.97 Å². The zero-order valence-electron chi connectivity index (χ0n) is 28.8. The summed E-state index contributed by atoms with van der Waals surface area (Å²) in [7, 11) is 0. The molecule has 53 heavy (non-hydrogen) atoms. The smallest absolute Gasteiger partial charge is 0.160 e. The first-order chi connectivity index (χ1) is 26.2. The number of rotatable bonds is 6. The van der Waals surface area contributed by atoms with Gasteiger partial charge in [-0.15, -0.1) is 0 Å². The van der Waals surface area contributed by atoms with Gasteiger partial charge in [0, 0.05) is 27.5 Å². The molecule has 0 fully saturated rings. The summed E-state index contributed by atoms with van der Waals surface area (Å²) in [6.45, 7) is 0. The minimum atomic E-state index is 0.684. The summed E-state index contributed by atoms with van der Waals surface area (Å²) < 4.78 is 6.35. The van der Waals surface area contributed by atoms with Gasteiger partial charge in [0.05, 0.1) is 11.4 Å². The Balaban J connectivity index is 1.23. The van der Waals surface area contributed by atoms with Gasteiger partial charge < -0.3 is 4.42 Å². The van der Waals surface area contributed by atoms with Crippen molar-refractivity contribution < 1.29 is 4.42 Å². The molecule has 248 valence electrons. The fourth-order valence-corrected chi connectivity index (χ4v) is 7.53. The Morgan fingerprint density at radius 3 is 1.68 bits per heavy atom. The topological polar surface area (TPSA) is 38.9 Å². The van der Waals surface area contributed by atoms with Crippen LogP contribution >= 0.6 is 0 Å². The zero-order valence-corrected chi connectivity index (χ0v) is 28.8. The number of para-hydroxylation sites is 1. The Bertz CT molecular complexity index is 2940. The van der Waals surface area contributed by atoms with E-state index in [0.717, 1.165) is 72.3 Å². The number of nitrogens with zero attached hydrogens (tertiary/aromatic N) is 2. The van der Waals surface area contributed by atoms with Crippen LogP contribution in [0.2, 0.25) is 0 Å². The van der Waals surface area contributed by atoms with Crippen LogP contribution in [0.25, 0.3) is 100.0 Å². The quantitative estimate of drug-likeness (QED) is 0.176. The summed E-state index contributed by atoms with van der Waals surface area (Å²) in [5.74, 6) is 0.684. The summed E-state index contributed by atoms with van der Waals surface area (Å²) in [6.07, 6.45) is 0. The van der Waals surface area contributed by atoms with Crippen LogP contribution in [-0.2, 0) is 0 Å². The number of hydrogen-bond acceptors (Lipinski definition) is 3. The Morgan fingerprint density at radius 1 is 0.321 bits per heavy atom. The summed E-state index contributed by atoms with van der Waals surface area (Å²) in [4.78, 5) is 10.5. The minimum absolute atomic E-state index is 0.684. The predicted molar refractivity (Wildman–Crippen MR) is 219 cm³/mol. The molecule has 8 aromatic carbocycles. The Kier molecular flexibility index (Phi) is 7.47. The van der Waals surface area contributed by atoms with Gasteiger partial charge >= 0.3 is 0 Å². The van der Waals surface area contributed by atoms with E-state index >= 15 is 0 Å². The summed E-state index contributed by atoms with van der Waals surface area (Å²) in [5.41, 5.74) is 13.3. The monoisotopic (exact) mass is 676 g/mol. The standard InChI is InChI=1S/C50H32N2O/c1-3-14-33(15-4-1)36-20-11-21-37(28-36)45-32-46(52-50(51-45)35-17-5-2-6-18-35)40-30-38(42-24-12-19-34-16-7-8-22-41(34)42)29-39(31-40)43-25-13-27-48-49(43)44-23-9-10-26-47(44)53-48/h1-32H. The van der Waals surface area contributed by atoms with Gasteiger partial charge in [0.1, 0.15) is 11.2 Å². The van der Waals surface area contributed by atoms with Gasteiger partial charge in [-0.05, 0) is 86.6 Å². The predicted octanol–water partition coefficient (Wildman–Crippen LogP) is 13.5. The molecule has 0 atom stereocenters. The third-order valence-corrected chi connectivity index (χ3v) is 10.1. The third kappa shape index (κ3) is 5.65. The highest BCUT2D eigenvalue weighted by Gasteiger charge is 2.17. The van der Waals surface area contributed by atoms with Crippen molar-refractivity contribution in [3.8, 4) is 67.3 Å². The third-order valence-electron chi connectivity index (χ3n) is 10.1. The average Bonchev–Trinajstić information content (AvgIpc) is 3.63. The van der Waals surface area contributed by atoms with Gasteiger partial charge in [0.25, 0.3) is 0 Å². The molecule has 0 saturated carbocycles. The molecule has 0 bridgehead atoms. The van der Waals surface area contributed by atoms with Crippen molar-refractivity contribution in [3.63, 3.8) is 0 Å². The van der Waals surface area contributed by atoms with Crippen LogP contribution in [0.5, 0.6) is 0 Å². The van der Waals surface area contributed by atoms with Crippen molar-refractivity contribution in [1.29, 1.82) is 0 Å². The average molecular weight is 677 g/mol. The number of benzene rings is 8. The lowest BCUT2D eigenvalue weighted by Gasteiger charge is -2.15. The molecule has 2 heterocycles. The number of hydrogen-bond donors (Lipinski definition) is 0. The molecule has 3 heteroatoms. The second-order valence-corrected chi connectivity index (χ2v) is 13.4. The van der Waals surface area contributed by atoms with Gasteiger partial charge in [-0.1, -0.05) is 152 Å². The lowest BCUT2D eigenvalue weighted by molar-refractivity contribution is 0.669. The maximum Gasteiger partial charge on any atom is 0.160 e. The highest BCUT2D eigenvalue weighted by atomic mass is 16.3. The van der Waals surface area contributed by atoms with Gasteiger partial charge in [-0.3, -0.25) is 0 Å². The Hall–Kier alpha value is -7.10. The Labute approximate surface area is 307 Å². The van der Waals surface area contributed by atoms with E-state index in [1.54, 1.807) is 0 Å². The van der Waals surface area contributed by atoms with E-state index in [1.807, 2.05) is 36.4 Å². The SMILES string of the molecule is c1ccc(-c2cccc(-c3cc(-c4cc(-c5cccc6ccccc56)cc(-c5cccc6oc7ccccc7c56)c4)nc(-c4ccccc4)n3)c2)cc1. The fraction of sp³-hybridized carbons (Fsp3) is 0. The van der Waals surface area contributed by atoms with Crippen LogP contribution in [0.15, 0.2) is 199 Å². The minimum Gasteiger partial charge on any atom is -0.456 e. The highest BCUT2D eigenvalue weighted by Crippen LogP contribution is 2.41. The van der Waals surface area contributed by atoms with Crippen LogP contribution in [0.3, 0.4) is 0 Å². The molecule has 3 nitrogen and oxygen atoms in total. The molecule has 0 aliphatic heterocycles. The summed E-state index contributed by atoms with van der Waals surface area (Å²) in [6, 6.07) is 68.1. The molecule has 0 spiro atoms. The van der Waals surface area contributed by atoms with E-state index in [2.05, 4.69) is 158 Å². The second-order valence-electron chi connectivity index (χ2n) is 13.4. The van der Waals surface area contributed by atoms with Crippen molar-refractivity contribution in [2.24, 2.45) is 0 Å². The normalized spacial score (nSPS) is 11.4. The fourth-order valence-electron chi connectivity index (χ4n) is 7.53. The van der Waals surface area contributed by atoms with E-state index in [-0.39, 0.29) is 0 Å². The number of aromatic nitrogens is 2. The van der Waals surface area contributed by atoms with Gasteiger partial charge in [-0.2, -0.15) is 0 Å². The molecule has 10 rings (SSSR count). The number of fused-ring (bicyclic) bond motifs is 4. The zero-order chi connectivity index (χ0) is 35.1. The van der Waals surface area contributed by atoms with Gasteiger partial charge in [0.2, 0.25) is 0 Å². The van der Waals surface area contributed by atoms with Crippen molar-refractivity contribution >= 4 is 32.7 Å². The molecule has 2 aromatic heterocycles. The van der Waals surface area contributed by atoms with E-state index in [4.69, 9.17) is 14.4 Å². The molecule has 0 saturated heterocycles. The molecular formula is C50H32N2O. The molecule has 10 aromatic rings. The molecular weight excluding hydrogens is 645 g/mol. The van der Waals surface area contributed by atoms with Crippen molar-refractivity contribution in [2.75, 3.05) is 0 Å². The van der Waals surface area contributed by atoms with Crippen LogP contribution in [0, 0.1) is 0 Å². The number of furan rings is 1. The highest BCUT2D eigenvalue weighted by molar-refractivity contribution is 6.13. The molecule has 0 unspecified atom stereocenters. The molecule has 0 aliphatic carbocycles. The first kappa shape index (κ1) is 30.7. The summed E-state index contributed by atoms with van der Waals surface area (Å²) >= 11 is 0. The van der Waals surface area contributed by atoms with Crippen molar-refractivity contribution in [3.05, 3.63) is 194 Å². The van der Waals surface area contributed by atoms with Crippen LogP contribution in [0.4, 0.5) is 0 Å². The molecule has 0 radical (unpaired) electrons. The van der Waals surface area contributed by atoms with Gasteiger partial charge in [0.15, 0.2) is 5.82 Å². The van der Waals surface area contributed by atoms with Crippen LogP contribution in [0.1, 0.15) is 0 Å². The van der Waals surface area contributed by atoms with E-state index in [9.17, 15) is 0 Å². The first-order valence-electron chi connectivity index (χ1n) is 17.9. The van der Waals surface area contributed by atoms with Crippen LogP contribution in [-0.4, -0.2) is 9.97 Å². The van der Waals surface area contributed by atoms with E-state index in [1.165, 1.54) is 21.9 Å². The maximum atomic E-state index is 6.35. The Morgan fingerprint density at radius 2 is 0.849 bits per heavy atom. The molecule has 0 amide bonds. The van der Waals surface area contributed by atoms with Crippen LogP contribution < -0.4 is 0 Å². The lowest BCUT2D eigenvalue weighted by atomic mass is 9.91. The summed E-state index contributed by atoms with van der Waals surface area (Å²) in [5, 5.41) is 4.62. The van der Waals surface area contributed by atoms with E-state index in [0.29, 0.717) is 5.82 Å². The maximum absolute atomic E-state index is 6.35. The first-order valence-corrected chi connectivity index (χ1v) is 17.9. The molecule has 0 aliphatic rings. The molecule has 0 N–H and O–H groups in total. The van der Waals surface area contributed by atoms with E-state index < -0.39 is 0 Å². The second kappa shape index (κ2) is 12.9. The lowest BCUT2D eigenvalue weighted by Crippen LogP contribution is -1.97. The largest absolute Gasteiger partial charge is 0.456 e.